The molecule has 1 aromatic carbocycles. The van der Waals surface area contributed by atoms with Crippen LogP contribution < -0.4 is 10.2 Å². The summed E-state index contributed by atoms with van der Waals surface area (Å²) in [7, 11) is -1.17. The number of benzene rings is 1. The summed E-state index contributed by atoms with van der Waals surface area (Å²) in [5.74, 6) is 0.654. The Morgan fingerprint density at radius 1 is 1.11 bits per heavy atom. The van der Waals surface area contributed by atoms with Gasteiger partial charge in [0.2, 0.25) is 0 Å². The number of piperazine rings is 1. The van der Waals surface area contributed by atoms with E-state index in [1.807, 2.05) is 12.1 Å². The van der Waals surface area contributed by atoms with Crippen LogP contribution in [-0.4, -0.2) is 63.7 Å². The summed E-state index contributed by atoms with van der Waals surface area (Å²) in [6.45, 7) is 4.13. The van der Waals surface area contributed by atoms with Crippen LogP contribution in [0, 0.1) is 0 Å². The fraction of sp³-hybridized carbons (Fsp3) is 0.368. The molecule has 0 spiro atoms. The zero-order valence-corrected chi connectivity index (χ0v) is 16.4. The van der Waals surface area contributed by atoms with Crippen LogP contribution in [0.5, 0.6) is 0 Å². The molecule has 1 fully saturated rings. The third-order valence-corrected chi connectivity index (χ3v) is 5.78. The minimum absolute atomic E-state index is 0.198. The molecule has 1 saturated heterocycles. The van der Waals surface area contributed by atoms with Crippen molar-refractivity contribution in [3.8, 4) is 0 Å². The number of likely N-dealkylation sites (N-methyl/N-ethyl adjacent to an activating group) is 1. The van der Waals surface area contributed by atoms with Crippen LogP contribution in [0.25, 0.3) is 0 Å². The summed E-state index contributed by atoms with van der Waals surface area (Å²) in [5.41, 5.74) is 1.38. The molecule has 1 aliphatic rings. The van der Waals surface area contributed by atoms with Gasteiger partial charge >= 0.3 is 0 Å². The monoisotopic (exact) mass is 388 g/mol. The lowest BCUT2D eigenvalue weighted by molar-refractivity contribution is 0.0951. The van der Waals surface area contributed by atoms with Crippen molar-refractivity contribution in [1.29, 1.82) is 0 Å². The normalized spacial score (nSPS) is 15.6. The number of aromatic nitrogens is 1. The molecule has 0 bridgehead atoms. The molecule has 2 aromatic rings. The molecule has 144 valence electrons. The van der Waals surface area contributed by atoms with Gasteiger partial charge in [-0.1, -0.05) is 6.07 Å². The Morgan fingerprint density at radius 3 is 2.41 bits per heavy atom. The summed E-state index contributed by atoms with van der Waals surface area (Å²) in [4.78, 5) is 21.6. The van der Waals surface area contributed by atoms with Gasteiger partial charge in [-0.05, 0) is 37.4 Å². The summed E-state index contributed by atoms with van der Waals surface area (Å²) in [5, 5.41) is 2.90. The van der Waals surface area contributed by atoms with Gasteiger partial charge in [-0.2, -0.15) is 0 Å². The maximum Gasteiger partial charge on any atom is 0.251 e. The van der Waals surface area contributed by atoms with Crippen LogP contribution in [-0.2, 0) is 16.4 Å². The lowest BCUT2D eigenvalue weighted by atomic mass is 10.2. The summed E-state index contributed by atoms with van der Waals surface area (Å²) in [6, 6.07) is 9.77. The van der Waals surface area contributed by atoms with Crippen molar-refractivity contribution in [2.45, 2.75) is 11.4 Å². The number of carbonyl (C=O) groups excluding carboxylic acids is 1. The summed E-state index contributed by atoms with van der Waals surface area (Å²) in [6.07, 6.45) is 2.91. The van der Waals surface area contributed by atoms with Gasteiger partial charge in [-0.25, -0.2) is 13.4 Å². The quantitative estimate of drug-likeness (QED) is 0.828. The Labute approximate surface area is 159 Å². The summed E-state index contributed by atoms with van der Waals surface area (Å²) < 4.78 is 23.0. The molecule has 1 aromatic heterocycles. The molecule has 2 heterocycles. The maximum atomic E-state index is 12.4. The average Bonchev–Trinajstić information content (AvgIpc) is 2.66. The number of amides is 1. The zero-order chi connectivity index (χ0) is 19.4. The van der Waals surface area contributed by atoms with Gasteiger partial charge in [0, 0.05) is 56.3 Å². The Kier molecular flexibility index (Phi) is 5.76. The molecule has 7 nitrogen and oxygen atoms in total. The maximum absolute atomic E-state index is 12.4. The highest BCUT2D eigenvalue weighted by molar-refractivity contribution is 7.90. The first-order chi connectivity index (χ1) is 12.8. The minimum Gasteiger partial charge on any atom is -0.354 e. The van der Waals surface area contributed by atoms with Crippen LogP contribution >= 0.6 is 0 Å². The fourth-order valence-electron chi connectivity index (χ4n) is 3.00. The van der Waals surface area contributed by atoms with Crippen molar-refractivity contribution in [3.63, 3.8) is 0 Å². The average molecular weight is 388 g/mol. The van der Waals surface area contributed by atoms with Gasteiger partial charge in [0.15, 0.2) is 9.84 Å². The van der Waals surface area contributed by atoms with E-state index in [0.717, 1.165) is 43.8 Å². The SMILES string of the molecule is CN1CCN(c2ncccc2CNC(=O)c2ccc(S(C)(=O)=O)cc2)CC1. The molecule has 3 rings (SSSR count). The van der Waals surface area contributed by atoms with Crippen molar-refractivity contribution in [2.75, 3.05) is 44.4 Å². The van der Waals surface area contributed by atoms with E-state index in [-0.39, 0.29) is 10.8 Å². The van der Waals surface area contributed by atoms with E-state index in [2.05, 4.69) is 27.1 Å². The van der Waals surface area contributed by atoms with Gasteiger partial charge in [0.25, 0.3) is 5.91 Å². The number of hydrogen-bond acceptors (Lipinski definition) is 6. The molecule has 0 unspecified atom stereocenters. The number of carbonyl (C=O) groups is 1. The van der Waals surface area contributed by atoms with Gasteiger partial charge in [0.1, 0.15) is 5.82 Å². The van der Waals surface area contributed by atoms with E-state index >= 15 is 0 Å². The van der Waals surface area contributed by atoms with Crippen molar-refractivity contribution >= 4 is 21.6 Å². The second-order valence-electron chi connectivity index (χ2n) is 6.76. The number of nitrogens with one attached hydrogen (secondary N) is 1. The van der Waals surface area contributed by atoms with Gasteiger partial charge in [0.05, 0.1) is 4.90 Å². The molecule has 27 heavy (non-hydrogen) atoms. The second kappa shape index (κ2) is 8.06. The first-order valence-electron chi connectivity index (χ1n) is 8.80. The highest BCUT2D eigenvalue weighted by Gasteiger charge is 2.18. The van der Waals surface area contributed by atoms with E-state index in [0.29, 0.717) is 12.1 Å². The van der Waals surface area contributed by atoms with Crippen molar-refractivity contribution < 1.29 is 13.2 Å². The molecular weight excluding hydrogens is 364 g/mol. The number of nitrogens with zero attached hydrogens (tertiary/aromatic N) is 3. The first kappa shape index (κ1) is 19.3. The zero-order valence-electron chi connectivity index (χ0n) is 15.6. The number of anilines is 1. The van der Waals surface area contributed by atoms with Gasteiger partial charge in [-0.3, -0.25) is 4.79 Å². The van der Waals surface area contributed by atoms with Crippen LogP contribution in [0.2, 0.25) is 0 Å². The van der Waals surface area contributed by atoms with Crippen LogP contribution in [0.3, 0.4) is 0 Å². The lowest BCUT2D eigenvalue weighted by Gasteiger charge is -2.34. The van der Waals surface area contributed by atoms with Crippen LogP contribution in [0.4, 0.5) is 5.82 Å². The highest BCUT2D eigenvalue weighted by atomic mass is 32.2. The molecule has 0 aliphatic carbocycles. The largest absolute Gasteiger partial charge is 0.354 e. The molecular formula is C19H24N4O3S. The Morgan fingerprint density at radius 2 is 1.78 bits per heavy atom. The predicted octanol–water partition coefficient (Wildman–Crippen LogP) is 1.17. The van der Waals surface area contributed by atoms with E-state index in [1.165, 1.54) is 24.3 Å². The second-order valence-corrected chi connectivity index (χ2v) is 8.77. The van der Waals surface area contributed by atoms with Crippen LogP contribution in [0.1, 0.15) is 15.9 Å². The van der Waals surface area contributed by atoms with E-state index in [9.17, 15) is 13.2 Å². The van der Waals surface area contributed by atoms with E-state index in [1.54, 1.807) is 6.20 Å². The smallest absolute Gasteiger partial charge is 0.251 e. The minimum atomic E-state index is -3.27. The van der Waals surface area contributed by atoms with Gasteiger partial charge in [-0.15, -0.1) is 0 Å². The van der Waals surface area contributed by atoms with E-state index < -0.39 is 9.84 Å². The number of rotatable bonds is 5. The Hall–Kier alpha value is -2.45. The third-order valence-electron chi connectivity index (χ3n) is 4.65. The van der Waals surface area contributed by atoms with Crippen LogP contribution in [0.15, 0.2) is 47.5 Å². The Bertz CT molecular complexity index is 905. The lowest BCUT2D eigenvalue weighted by Crippen LogP contribution is -2.45. The Balaban J connectivity index is 1.67. The fourth-order valence-corrected chi connectivity index (χ4v) is 3.63. The number of sulfone groups is 1. The van der Waals surface area contributed by atoms with Crippen molar-refractivity contribution in [1.82, 2.24) is 15.2 Å². The van der Waals surface area contributed by atoms with Gasteiger partial charge < -0.3 is 15.1 Å². The molecule has 1 N–H and O–H groups in total. The standard InChI is InChI=1S/C19H24N4O3S/c1-22-10-12-23(13-11-22)18-16(4-3-9-20-18)14-21-19(24)15-5-7-17(8-6-15)27(2,25)26/h3-9H,10-14H2,1-2H3,(H,21,24). The molecule has 0 atom stereocenters. The highest BCUT2D eigenvalue weighted by Crippen LogP contribution is 2.19. The summed E-state index contributed by atoms with van der Waals surface area (Å²) >= 11 is 0. The van der Waals surface area contributed by atoms with Crippen molar-refractivity contribution in [3.05, 3.63) is 53.7 Å². The van der Waals surface area contributed by atoms with E-state index in [4.69, 9.17) is 0 Å². The van der Waals surface area contributed by atoms with Crippen molar-refractivity contribution in [2.24, 2.45) is 0 Å². The predicted molar refractivity (Wildman–Crippen MR) is 105 cm³/mol. The molecule has 0 saturated carbocycles. The number of pyridine rings is 1. The third kappa shape index (κ3) is 4.84. The topological polar surface area (TPSA) is 82.6 Å². The molecule has 0 radical (unpaired) electrons. The molecule has 1 aliphatic heterocycles. The first-order valence-corrected chi connectivity index (χ1v) is 10.7. The molecule has 8 heteroatoms. The molecule has 1 amide bonds. The number of hydrogen-bond donors (Lipinski definition) is 1.